The van der Waals surface area contributed by atoms with E-state index >= 15 is 0 Å². The zero-order valence-corrected chi connectivity index (χ0v) is 11.6. The molecule has 2 aliphatic rings. The third-order valence-electron chi connectivity index (χ3n) is 4.25. The van der Waals surface area contributed by atoms with Gasteiger partial charge in [-0.1, -0.05) is 6.42 Å². The molecule has 3 nitrogen and oxygen atoms in total. The fraction of sp³-hybridized carbons (Fsp3) is 1.00. The molecule has 17 heavy (non-hydrogen) atoms. The number of nitrogens with one attached hydrogen (secondary N) is 1. The average molecular weight is 239 g/mol. The van der Waals surface area contributed by atoms with Crippen molar-refractivity contribution < 1.29 is 0 Å². The van der Waals surface area contributed by atoms with Gasteiger partial charge in [-0.2, -0.15) is 0 Å². The van der Waals surface area contributed by atoms with E-state index in [9.17, 15) is 0 Å². The molecule has 3 heteroatoms. The second-order valence-electron chi connectivity index (χ2n) is 6.03. The van der Waals surface area contributed by atoms with Gasteiger partial charge in [0.1, 0.15) is 0 Å². The highest BCUT2D eigenvalue weighted by atomic mass is 15.2. The topological polar surface area (TPSA) is 18.5 Å². The average Bonchev–Trinajstić information content (AvgIpc) is 2.74. The van der Waals surface area contributed by atoms with Gasteiger partial charge in [0.05, 0.1) is 0 Å². The van der Waals surface area contributed by atoms with Crippen LogP contribution in [0.5, 0.6) is 0 Å². The zero-order valence-electron chi connectivity index (χ0n) is 11.6. The van der Waals surface area contributed by atoms with Crippen LogP contribution in [0, 0.1) is 0 Å². The quantitative estimate of drug-likeness (QED) is 0.785. The summed E-state index contributed by atoms with van der Waals surface area (Å²) in [7, 11) is 4.39. The lowest BCUT2D eigenvalue weighted by Gasteiger charge is -2.30. The molecule has 1 N–H and O–H groups in total. The number of nitrogens with zero attached hydrogens (tertiary/aromatic N) is 2. The highest BCUT2D eigenvalue weighted by molar-refractivity contribution is 4.82. The monoisotopic (exact) mass is 239 g/mol. The summed E-state index contributed by atoms with van der Waals surface area (Å²) < 4.78 is 0. The Balaban J connectivity index is 1.69. The maximum atomic E-state index is 3.66. The van der Waals surface area contributed by atoms with Crippen molar-refractivity contribution in [1.82, 2.24) is 15.1 Å². The molecule has 0 aliphatic carbocycles. The van der Waals surface area contributed by atoms with Crippen LogP contribution in [0.1, 0.15) is 38.5 Å². The van der Waals surface area contributed by atoms with Gasteiger partial charge in [0.2, 0.25) is 0 Å². The first-order chi connectivity index (χ1) is 8.25. The lowest BCUT2D eigenvalue weighted by Crippen LogP contribution is -2.41. The van der Waals surface area contributed by atoms with Crippen LogP contribution in [0.3, 0.4) is 0 Å². The molecule has 0 bridgehead atoms. The molecule has 0 spiro atoms. The van der Waals surface area contributed by atoms with E-state index in [-0.39, 0.29) is 0 Å². The van der Waals surface area contributed by atoms with Crippen LogP contribution < -0.4 is 5.32 Å². The normalized spacial score (nSPS) is 31.2. The Labute approximate surface area is 107 Å². The summed E-state index contributed by atoms with van der Waals surface area (Å²) in [6.07, 6.45) is 8.35. The SMILES string of the molecule is CN(C)CC1CCCN1CCC1CCCCN1. The number of hydrogen-bond donors (Lipinski definition) is 1. The van der Waals surface area contributed by atoms with E-state index in [1.165, 1.54) is 64.7 Å². The van der Waals surface area contributed by atoms with Crippen molar-refractivity contribution in [2.75, 3.05) is 40.3 Å². The van der Waals surface area contributed by atoms with Crippen LogP contribution in [0.25, 0.3) is 0 Å². The third kappa shape index (κ3) is 4.23. The Morgan fingerprint density at radius 2 is 2.06 bits per heavy atom. The lowest BCUT2D eigenvalue weighted by atomic mass is 10.0. The van der Waals surface area contributed by atoms with E-state index in [4.69, 9.17) is 0 Å². The molecule has 0 amide bonds. The van der Waals surface area contributed by atoms with Crippen molar-refractivity contribution in [2.24, 2.45) is 0 Å². The summed E-state index contributed by atoms with van der Waals surface area (Å²) in [4.78, 5) is 5.05. The van der Waals surface area contributed by atoms with Gasteiger partial charge in [0, 0.05) is 18.6 Å². The number of likely N-dealkylation sites (N-methyl/N-ethyl adjacent to an activating group) is 1. The van der Waals surface area contributed by atoms with Crippen molar-refractivity contribution in [2.45, 2.75) is 50.6 Å². The molecule has 0 aromatic carbocycles. The van der Waals surface area contributed by atoms with Gasteiger partial charge < -0.3 is 10.2 Å². The smallest absolute Gasteiger partial charge is 0.0223 e. The second-order valence-corrected chi connectivity index (χ2v) is 6.03. The van der Waals surface area contributed by atoms with Gasteiger partial charge in [-0.25, -0.2) is 0 Å². The number of hydrogen-bond acceptors (Lipinski definition) is 3. The van der Waals surface area contributed by atoms with Crippen molar-refractivity contribution in [1.29, 1.82) is 0 Å². The van der Waals surface area contributed by atoms with Gasteiger partial charge in [0.15, 0.2) is 0 Å². The van der Waals surface area contributed by atoms with Crippen LogP contribution in [0.15, 0.2) is 0 Å². The molecule has 100 valence electrons. The van der Waals surface area contributed by atoms with E-state index in [1.54, 1.807) is 0 Å². The molecule has 2 saturated heterocycles. The van der Waals surface area contributed by atoms with Gasteiger partial charge in [-0.3, -0.25) is 4.90 Å². The molecule has 2 aliphatic heterocycles. The Bertz CT molecular complexity index is 212. The second kappa shape index (κ2) is 6.72. The van der Waals surface area contributed by atoms with E-state index in [2.05, 4.69) is 29.2 Å². The van der Waals surface area contributed by atoms with Crippen molar-refractivity contribution >= 4 is 0 Å². The van der Waals surface area contributed by atoms with Crippen molar-refractivity contribution in [3.8, 4) is 0 Å². The standard InChI is InChI=1S/C14H29N3/c1-16(2)12-14-7-5-10-17(14)11-8-13-6-3-4-9-15-13/h13-15H,3-12H2,1-2H3. The van der Waals surface area contributed by atoms with Crippen LogP contribution in [0.2, 0.25) is 0 Å². The summed E-state index contributed by atoms with van der Waals surface area (Å²) in [5.41, 5.74) is 0. The maximum absolute atomic E-state index is 3.66. The first kappa shape index (κ1) is 13.3. The van der Waals surface area contributed by atoms with Crippen LogP contribution in [0.4, 0.5) is 0 Å². The summed E-state index contributed by atoms with van der Waals surface area (Å²) in [5.74, 6) is 0. The molecule has 2 atom stereocenters. The molecule has 0 aromatic heterocycles. The van der Waals surface area contributed by atoms with Crippen LogP contribution in [-0.2, 0) is 0 Å². The summed E-state index contributed by atoms with van der Waals surface area (Å²) in [5, 5.41) is 3.66. The maximum Gasteiger partial charge on any atom is 0.0223 e. The first-order valence-electron chi connectivity index (χ1n) is 7.38. The number of rotatable bonds is 5. The third-order valence-corrected chi connectivity index (χ3v) is 4.25. The molecule has 0 saturated carbocycles. The fourth-order valence-electron chi connectivity index (χ4n) is 3.31. The largest absolute Gasteiger partial charge is 0.314 e. The van der Waals surface area contributed by atoms with E-state index in [0.29, 0.717) is 0 Å². The predicted octanol–water partition coefficient (Wildman–Crippen LogP) is 1.54. The molecular formula is C14H29N3. The zero-order chi connectivity index (χ0) is 12.1. The minimum atomic E-state index is 0.796. The highest BCUT2D eigenvalue weighted by Gasteiger charge is 2.25. The van der Waals surface area contributed by atoms with Gasteiger partial charge in [-0.05, 0) is 65.8 Å². The predicted molar refractivity (Wildman–Crippen MR) is 73.4 cm³/mol. The molecule has 2 heterocycles. The minimum absolute atomic E-state index is 0.796. The van der Waals surface area contributed by atoms with E-state index in [0.717, 1.165) is 12.1 Å². The molecule has 2 unspecified atom stereocenters. The van der Waals surface area contributed by atoms with Crippen molar-refractivity contribution in [3.05, 3.63) is 0 Å². The number of likely N-dealkylation sites (tertiary alicyclic amines) is 1. The fourth-order valence-corrected chi connectivity index (χ4v) is 3.31. The molecule has 2 fully saturated rings. The first-order valence-corrected chi connectivity index (χ1v) is 7.38. The molecular weight excluding hydrogens is 210 g/mol. The van der Waals surface area contributed by atoms with Crippen molar-refractivity contribution in [3.63, 3.8) is 0 Å². The van der Waals surface area contributed by atoms with E-state index in [1.807, 2.05) is 0 Å². The van der Waals surface area contributed by atoms with E-state index < -0.39 is 0 Å². The summed E-state index contributed by atoms with van der Waals surface area (Å²) >= 11 is 0. The molecule has 0 radical (unpaired) electrons. The lowest BCUT2D eigenvalue weighted by molar-refractivity contribution is 0.195. The summed E-state index contributed by atoms with van der Waals surface area (Å²) in [6.45, 7) is 5.10. The van der Waals surface area contributed by atoms with Gasteiger partial charge >= 0.3 is 0 Å². The minimum Gasteiger partial charge on any atom is -0.314 e. The molecule has 2 rings (SSSR count). The Morgan fingerprint density at radius 1 is 1.18 bits per heavy atom. The summed E-state index contributed by atoms with van der Waals surface area (Å²) in [6, 6.07) is 1.61. The Hall–Kier alpha value is -0.120. The Morgan fingerprint density at radius 3 is 2.76 bits per heavy atom. The Kier molecular flexibility index (Phi) is 5.26. The van der Waals surface area contributed by atoms with Gasteiger partial charge in [-0.15, -0.1) is 0 Å². The van der Waals surface area contributed by atoms with Gasteiger partial charge in [0.25, 0.3) is 0 Å². The van der Waals surface area contributed by atoms with Crippen LogP contribution in [-0.4, -0.2) is 62.2 Å². The van der Waals surface area contributed by atoms with Crippen LogP contribution >= 0.6 is 0 Å². The highest BCUT2D eigenvalue weighted by Crippen LogP contribution is 2.19. The number of piperidine rings is 1. The molecule has 0 aromatic rings.